The molecule has 2 aromatic rings. The van der Waals surface area contributed by atoms with E-state index in [2.05, 4.69) is 10.5 Å². The smallest absolute Gasteiger partial charge is 0.240 e. The molecule has 0 heterocycles. The molecule has 0 aromatic heterocycles. The molecule has 2 aromatic carbocycles. The van der Waals surface area contributed by atoms with E-state index in [1.807, 2.05) is 44.2 Å². The lowest BCUT2D eigenvalue weighted by molar-refractivity contribution is -0.121. The molecule has 6 heteroatoms. The number of hydrogen-bond donors (Lipinski definition) is 2. The molecule has 2 rings (SSSR count). The van der Waals surface area contributed by atoms with E-state index in [0.717, 1.165) is 16.9 Å². The summed E-state index contributed by atoms with van der Waals surface area (Å²) in [6.45, 7) is 4.21. The number of nitrogen functional groups attached to an aromatic ring is 1. The molecule has 0 spiro atoms. The van der Waals surface area contributed by atoms with Crippen LogP contribution in [-0.4, -0.2) is 18.2 Å². The predicted octanol–water partition coefficient (Wildman–Crippen LogP) is 3.93. The Balaban J connectivity index is 1.74. The fraction of sp³-hybridized carbons (Fsp3) is 0.263. The van der Waals surface area contributed by atoms with Crippen LogP contribution in [0.2, 0.25) is 5.02 Å². The highest BCUT2D eigenvalue weighted by Crippen LogP contribution is 2.21. The maximum absolute atomic E-state index is 11.9. The van der Waals surface area contributed by atoms with Gasteiger partial charge in [-0.3, -0.25) is 4.79 Å². The normalized spacial score (nSPS) is 11.2. The molecule has 0 fully saturated rings. The monoisotopic (exact) mass is 359 g/mol. The minimum Gasteiger partial charge on any atom is -0.493 e. The molecule has 5 nitrogen and oxygen atoms in total. The van der Waals surface area contributed by atoms with Crippen molar-refractivity contribution in [2.45, 2.75) is 26.7 Å². The molecular weight excluding hydrogens is 338 g/mol. The van der Waals surface area contributed by atoms with Gasteiger partial charge in [0.15, 0.2) is 0 Å². The van der Waals surface area contributed by atoms with Gasteiger partial charge in [0.2, 0.25) is 5.91 Å². The number of ether oxygens (including phenoxy) is 1. The molecule has 3 N–H and O–H groups in total. The molecule has 0 unspecified atom stereocenters. The Kier molecular flexibility index (Phi) is 6.83. The Morgan fingerprint density at radius 1 is 1.28 bits per heavy atom. The molecule has 0 atom stereocenters. The third-order valence-corrected chi connectivity index (χ3v) is 3.83. The largest absolute Gasteiger partial charge is 0.493 e. The van der Waals surface area contributed by atoms with Crippen LogP contribution in [0, 0.1) is 6.92 Å². The first kappa shape index (κ1) is 18.8. The fourth-order valence-corrected chi connectivity index (χ4v) is 2.45. The van der Waals surface area contributed by atoms with Crippen molar-refractivity contribution in [3.05, 3.63) is 58.6 Å². The molecule has 0 saturated carbocycles. The Hall–Kier alpha value is -2.53. The van der Waals surface area contributed by atoms with Crippen LogP contribution in [0.15, 0.2) is 47.6 Å². The van der Waals surface area contributed by atoms with Crippen molar-refractivity contribution in [2.24, 2.45) is 5.10 Å². The van der Waals surface area contributed by atoms with E-state index >= 15 is 0 Å². The highest BCUT2D eigenvalue weighted by atomic mass is 35.5. The molecule has 25 heavy (non-hydrogen) atoms. The van der Waals surface area contributed by atoms with Crippen LogP contribution in [0.4, 0.5) is 5.69 Å². The summed E-state index contributed by atoms with van der Waals surface area (Å²) in [7, 11) is 0. The number of nitrogens with two attached hydrogens (primary N) is 1. The summed E-state index contributed by atoms with van der Waals surface area (Å²) >= 11 is 5.91. The van der Waals surface area contributed by atoms with Gasteiger partial charge < -0.3 is 10.5 Å². The summed E-state index contributed by atoms with van der Waals surface area (Å²) in [4.78, 5) is 11.9. The highest BCUT2D eigenvalue weighted by Gasteiger charge is 2.04. The van der Waals surface area contributed by atoms with Gasteiger partial charge in [-0.15, -0.1) is 0 Å². The van der Waals surface area contributed by atoms with E-state index in [1.54, 1.807) is 12.1 Å². The van der Waals surface area contributed by atoms with Crippen LogP contribution < -0.4 is 15.9 Å². The quantitative estimate of drug-likeness (QED) is 0.340. The lowest BCUT2D eigenvalue weighted by Crippen LogP contribution is -2.19. The number of anilines is 1. The van der Waals surface area contributed by atoms with Gasteiger partial charge in [-0.25, -0.2) is 5.43 Å². The number of aryl methyl sites for hydroxylation is 1. The molecule has 0 aliphatic heterocycles. The number of carbonyl (C=O) groups excluding carboxylic acids is 1. The molecule has 132 valence electrons. The topological polar surface area (TPSA) is 76.7 Å². The second-order valence-corrected chi connectivity index (χ2v) is 6.16. The van der Waals surface area contributed by atoms with Crippen molar-refractivity contribution in [2.75, 3.05) is 12.3 Å². The second-order valence-electron chi connectivity index (χ2n) is 5.72. The SMILES string of the molecule is C/C(=N\NC(=O)CCCOc1ccc(Cl)cc1C)c1cccc(N)c1. The first-order valence-electron chi connectivity index (χ1n) is 8.03. The average molecular weight is 360 g/mol. The number of nitrogens with one attached hydrogen (secondary N) is 1. The third kappa shape index (κ3) is 6.12. The summed E-state index contributed by atoms with van der Waals surface area (Å²) in [5, 5.41) is 4.78. The van der Waals surface area contributed by atoms with Gasteiger partial charge in [-0.1, -0.05) is 23.7 Å². The number of benzene rings is 2. The van der Waals surface area contributed by atoms with Crippen LogP contribution in [0.25, 0.3) is 0 Å². The van der Waals surface area contributed by atoms with Gasteiger partial charge in [0.25, 0.3) is 0 Å². The third-order valence-electron chi connectivity index (χ3n) is 3.60. The minimum atomic E-state index is -0.153. The van der Waals surface area contributed by atoms with E-state index in [1.165, 1.54) is 0 Å². The number of rotatable bonds is 7. The average Bonchev–Trinajstić information content (AvgIpc) is 2.58. The molecule has 1 amide bonds. The zero-order chi connectivity index (χ0) is 18.2. The van der Waals surface area contributed by atoms with Gasteiger partial charge >= 0.3 is 0 Å². The number of nitrogens with zero attached hydrogens (tertiary/aromatic N) is 1. The predicted molar refractivity (Wildman–Crippen MR) is 102 cm³/mol. The zero-order valence-electron chi connectivity index (χ0n) is 14.4. The van der Waals surface area contributed by atoms with Crippen molar-refractivity contribution in [1.82, 2.24) is 5.43 Å². The number of amides is 1. The van der Waals surface area contributed by atoms with Crippen molar-refractivity contribution in [3.8, 4) is 5.75 Å². The Bertz CT molecular complexity index is 775. The first-order valence-corrected chi connectivity index (χ1v) is 8.41. The number of carbonyl (C=O) groups is 1. The van der Waals surface area contributed by atoms with E-state index in [0.29, 0.717) is 35.9 Å². The van der Waals surface area contributed by atoms with Crippen molar-refractivity contribution in [1.29, 1.82) is 0 Å². The Morgan fingerprint density at radius 3 is 2.80 bits per heavy atom. The van der Waals surface area contributed by atoms with E-state index in [-0.39, 0.29) is 5.91 Å². The summed E-state index contributed by atoms with van der Waals surface area (Å²) < 4.78 is 5.66. The van der Waals surface area contributed by atoms with Gasteiger partial charge in [0.05, 0.1) is 12.3 Å². The van der Waals surface area contributed by atoms with Crippen LogP contribution >= 0.6 is 11.6 Å². The standard InChI is InChI=1S/C19H22ClN3O2/c1-13-11-16(20)8-9-18(13)25-10-4-7-19(24)23-22-14(2)15-5-3-6-17(21)12-15/h3,5-6,8-9,11-12H,4,7,10,21H2,1-2H3,(H,23,24)/b22-14+. The van der Waals surface area contributed by atoms with Crippen molar-refractivity contribution >= 4 is 28.9 Å². The molecule has 0 aliphatic rings. The lowest BCUT2D eigenvalue weighted by Gasteiger charge is -2.09. The van der Waals surface area contributed by atoms with Gasteiger partial charge in [-0.2, -0.15) is 5.10 Å². The molecule has 0 bridgehead atoms. The fourth-order valence-electron chi connectivity index (χ4n) is 2.22. The minimum absolute atomic E-state index is 0.153. The lowest BCUT2D eigenvalue weighted by atomic mass is 10.1. The Labute approximate surface area is 152 Å². The van der Waals surface area contributed by atoms with E-state index in [9.17, 15) is 4.79 Å². The molecular formula is C19H22ClN3O2. The molecule has 0 saturated heterocycles. The number of halogens is 1. The van der Waals surface area contributed by atoms with E-state index < -0.39 is 0 Å². The van der Waals surface area contributed by atoms with Crippen molar-refractivity contribution in [3.63, 3.8) is 0 Å². The van der Waals surface area contributed by atoms with Gasteiger partial charge in [0.1, 0.15) is 5.75 Å². The highest BCUT2D eigenvalue weighted by molar-refractivity contribution is 6.30. The van der Waals surface area contributed by atoms with Crippen LogP contribution in [0.1, 0.15) is 30.9 Å². The maximum Gasteiger partial charge on any atom is 0.240 e. The summed E-state index contributed by atoms with van der Waals surface area (Å²) in [6.07, 6.45) is 0.932. The molecule has 0 aliphatic carbocycles. The van der Waals surface area contributed by atoms with Crippen molar-refractivity contribution < 1.29 is 9.53 Å². The molecule has 0 radical (unpaired) electrons. The Morgan fingerprint density at radius 2 is 2.08 bits per heavy atom. The van der Waals surface area contributed by atoms with Crippen LogP contribution in [0.5, 0.6) is 5.75 Å². The maximum atomic E-state index is 11.9. The van der Waals surface area contributed by atoms with Gasteiger partial charge in [0, 0.05) is 17.1 Å². The second kappa shape index (κ2) is 9.08. The van der Waals surface area contributed by atoms with Crippen LogP contribution in [-0.2, 0) is 4.79 Å². The van der Waals surface area contributed by atoms with Crippen LogP contribution in [0.3, 0.4) is 0 Å². The summed E-state index contributed by atoms with van der Waals surface area (Å²) in [5.74, 6) is 0.625. The van der Waals surface area contributed by atoms with Gasteiger partial charge in [-0.05, 0) is 61.7 Å². The number of hydrazone groups is 1. The number of hydrogen-bond acceptors (Lipinski definition) is 4. The first-order chi connectivity index (χ1) is 12.0. The zero-order valence-corrected chi connectivity index (χ0v) is 15.1. The summed E-state index contributed by atoms with van der Waals surface area (Å²) in [5.41, 5.74) is 11.5. The summed E-state index contributed by atoms with van der Waals surface area (Å²) in [6, 6.07) is 12.8. The van der Waals surface area contributed by atoms with E-state index in [4.69, 9.17) is 22.1 Å².